The van der Waals surface area contributed by atoms with Crippen molar-refractivity contribution >= 4 is 24.2 Å². The number of esters is 1. The monoisotopic (exact) mass is 540 g/mol. The van der Waals surface area contributed by atoms with E-state index in [9.17, 15) is 18.9 Å². The van der Waals surface area contributed by atoms with Gasteiger partial charge in [-0.1, -0.05) is 75.4 Å². The molecule has 0 heterocycles. The Balaban J connectivity index is 2.36. The molecule has 6 heteroatoms. The van der Waals surface area contributed by atoms with Crippen LogP contribution in [0.1, 0.15) is 101 Å². The first kappa shape index (κ1) is 31.7. The van der Waals surface area contributed by atoms with Gasteiger partial charge in [0.05, 0.1) is 6.61 Å². The molecule has 1 unspecified atom stereocenters. The average molecular weight is 541 g/mol. The summed E-state index contributed by atoms with van der Waals surface area (Å²) in [5, 5.41) is 0. The van der Waals surface area contributed by atoms with E-state index in [4.69, 9.17) is 4.74 Å². The lowest BCUT2D eigenvalue weighted by atomic mass is 9.98. The first-order chi connectivity index (χ1) is 17.7. The summed E-state index contributed by atoms with van der Waals surface area (Å²) in [7, 11) is -4.38. The normalized spacial score (nSPS) is 12.5. The molecule has 1 atom stereocenters. The number of hydrogen-bond donors (Lipinski definition) is 0. The van der Waals surface area contributed by atoms with Crippen molar-refractivity contribution in [3.05, 3.63) is 68.8 Å². The smallest absolute Gasteiger partial charge is 0.314 e. The summed E-state index contributed by atoms with van der Waals surface area (Å²) in [6.45, 7) is 17.6. The number of aryl methyl sites for hydroxylation is 6. The van der Waals surface area contributed by atoms with Gasteiger partial charge in [-0.3, -0.25) is 14.4 Å². The first-order valence-electron chi connectivity index (χ1n) is 13.7. The third-order valence-corrected chi connectivity index (χ3v) is 9.60. The molecule has 2 aromatic rings. The van der Waals surface area contributed by atoms with E-state index in [1.807, 2.05) is 38.1 Å². The molecule has 0 aliphatic heterocycles. The molecule has 0 aliphatic rings. The maximum absolute atomic E-state index is 14.5. The Morgan fingerprint density at radius 3 is 1.53 bits per heavy atom. The van der Waals surface area contributed by atoms with Gasteiger partial charge in [0, 0.05) is 11.1 Å². The zero-order chi connectivity index (χ0) is 28.8. The van der Waals surface area contributed by atoms with E-state index in [2.05, 4.69) is 20.8 Å². The molecule has 5 nitrogen and oxygen atoms in total. The quantitative estimate of drug-likeness (QED) is 0.189. The first-order valence-corrected chi connectivity index (χ1v) is 15.6. The highest BCUT2D eigenvalue weighted by Crippen LogP contribution is 2.53. The number of benzene rings is 2. The van der Waals surface area contributed by atoms with Crippen LogP contribution in [0.5, 0.6) is 0 Å². The molecule has 0 fully saturated rings. The van der Waals surface area contributed by atoms with Gasteiger partial charge in [-0.15, -0.1) is 0 Å². The summed E-state index contributed by atoms with van der Waals surface area (Å²) in [6, 6.07) is 7.32. The van der Waals surface area contributed by atoms with Gasteiger partial charge in [-0.2, -0.15) is 0 Å². The van der Waals surface area contributed by atoms with Crippen LogP contribution in [-0.2, 0) is 14.1 Å². The zero-order valence-corrected chi connectivity index (χ0v) is 25.6. The molecular weight excluding hydrogens is 495 g/mol. The molecule has 38 heavy (non-hydrogen) atoms. The van der Waals surface area contributed by atoms with Gasteiger partial charge in [-0.25, -0.2) is 0 Å². The highest BCUT2D eigenvalue weighted by Gasteiger charge is 2.45. The Labute approximate surface area is 229 Å². The largest absolute Gasteiger partial charge is 0.465 e. The van der Waals surface area contributed by atoms with Crippen molar-refractivity contribution in [3.63, 3.8) is 0 Å². The third kappa shape index (κ3) is 7.99. The van der Waals surface area contributed by atoms with Gasteiger partial charge >= 0.3 is 5.97 Å². The van der Waals surface area contributed by atoms with Gasteiger partial charge in [0.1, 0.15) is 6.16 Å². The highest BCUT2D eigenvalue weighted by molar-refractivity contribution is 7.96. The fourth-order valence-corrected chi connectivity index (χ4v) is 7.61. The number of hydrogen-bond acceptors (Lipinski definition) is 5. The van der Waals surface area contributed by atoms with E-state index in [0.717, 1.165) is 30.4 Å². The van der Waals surface area contributed by atoms with Crippen molar-refractivity contribution in [2.75, 3.05) is 12.8 Å². The molecule has 0 radical (unpaired) electrons. The van der Waals surface area contributed by atoms with Crippen LogP contribution in [0.3, 0.4) is 0 Å². The molecule has 0 spiro atoms. The Morgan fingerprint density at radius 2 is 1.13 bits per heavy atom. The fraction of sp³-hybridized carbons (Fsp3) is 0.531. The minimum absolute atomic E-state index is 0.176. The number of rotatable bonds is 13. The van der Waals surface area contributed by atoms with Crippen molar-refractivity contribution < 1.29 is 23.7 Å². The fourth-order valence-electron chi connectivity index (χ4n) is 5.25. The second-order valence-corrected chi connectivity index (χ2v) is 14.1. The van der Waals surface area contributed by atoms with Crippen LogP contribution in [-0.4, -0.2) is 29.8 Å². The second-order valence-electron chi connectivity index (χ2n) is 11.5. The molecule has 0 saturated heterocycles. The Hall–Kier alpha value is -2.52. The predicted octanol–water partition coefficient (Wildman–Crippen LogP) is 8.28. The van der Waals surface area contributed by atoms with E-state index in [1.165, 1.54) is 0 Å². The molecule has 2 aromatic carbocycles. The Bertz CT molecular complexity index is 1120. The Morgan fingerprint density at radius 1 is 0.711 bits per heavy atom. The molecule has 0 N–H and O–H groups in total. The van der Waals surface area contributed by atoms with Crippen LogP contribution in [0.2, 0.25) is 0 Å². The van der Waals surface area contributed by atoms with Crippen LogP contribution in [0, 0.1) is 53.4 Å². The summed E-state index contributed by atoms with van der Waals surface area (Å²) >= 11 is 0. The van der Waals surface area contributed by atoms with Crippen LogP contribution in [0.25, 0.3) is 0 Å². The summed E-state index contributed by atoms with van der Waals surface area (Å²) < 4.78 is 20.0. The van der Waals surface area contributed by atoms with Crippen LogP contribution in [0.4, 0.5) is 0 Å². The highest BCUT2D eigenvalue weighted by atomic mass is 31.2. The van der Waals surface area contributed by atoms with Crippen LogP contribution < -0.4 is 0 Å². The zero-order valence-electron chi connectivity index (χ0n) is 24.7. The molecule has 0 bridgehead atoms. The lowest BCUT2D eigenvalue weighted by Crippen LogP contribution is -2.22. The lowest BCUT2D eigenvalue weighted by molar-refractivity contribution is -0.140. The van der Waals surface area contributed by atoms with Gasteiger partial charge < -0.3 is 9.30 Å². The molecule has 0 saturated carbocycles. The minimum Gasteiger partial charge on any atom is -0.465 e. The van der Waals surface area contributed by atoms with Crippen molar-refractivity contribution in [2.24, 2.45) is 11.8 Å². The van der Waals surface area contributed by atoms with Crippen molar-refractivity contribution in [2.45, 2.75) is 88.0 Å². The van der Waals surface area contributed by atoms with Gasteiger partial charge in [-0.05, 0) is 82.1 Å². The van der Waals surface area contributed by atoms with E-state index >= 15 is 0 Å². The number of carbonyl (C=O) groups is 3. The number of ether oxygens (including phenoxy) is 1. The van der Waals surface area contributed by atoms with Gasteiger partial charge in [0.15, 0.2) is 0 Å². The lowest BCUT2D eigenvalue weighted by Gasteiger charge is -2.21. The van der Waals surface area contributed by atoms with E-state index < -0.39 is 30.3 Å². The standard InChI is InChI=1S/C32H45O5P/c1-20(2)11-10-12-21(3)13-14-37-28(33)19-38(36,31(34)29-24(6)15-22(4)16-25(29)7)32(35)30-26(8)17-23(5)18-27(30)9/h15-18,20-21H,10-14,19H2,1-9H3. The van der Waals surface area contributed by atoms with Gasteiger partial charge in [0.25, 0.3) is 0 Å². The van der Waals surface area contributed by atoms with E-state index in [0.29, 0.717) is 40.5 Å². The molecule has 2 rings (SSSR count). The topological polar surface area (TPSA) is 77.5 Å². The minimum atomic E-state index is -4.38. The summed E-state index contributed by atoms with van der Waals surface area (Å²) in [6.07, 6.45) is 3.28. The predicted molar refractivity (Wildman–Crippen MR) is 156 cm³/mol. The molecule has 0 aromatic heterocycles. The van der Waals surface area contributed by atoms with E-state index in [-0.39, 0.29) is 17.7 Å². The number of carbonyl (C=O) groups excluding carboxylic acids is 3. The summed E-state index contributed by atoms with van der Waals surface area (Å²) in [5.41, 5.74) is 3.45. The van der Waals surface area contributed by atoms with Crippen LogP contribution in [0.15, 0.2) is 24.3 Å². The van der Waals surface area contributed by atoms with Crippen molar-refractivity contribution in [1.29, 1.82) is 0 Å². The van der Waals surface area contributed by atoms with E-state index in [1.54, 1.807) is 27.7 Å². The maximum atomic E-state index is 14.5. The average Bonchev–Trinajstić information content (AvgIpc) is 2.77. The van der Waals surface area contributed by atoms with Crippen molar-refractivity contribution in [3.8, 4) is 0 Å². The maximum Gasteiger partial charge on any atom is 0.314 e. The van der Waals surface area contributed by atoms with Crippen molar-refractivity contribution in [1.82, 2.24) is 0 Å². The Kier molecular flexibility index (Phi) is 11.3. The third-order valence-electron chi connectivity index (χ3n) is 7.14. The SMILES string of the molecule is Cc1cc(C)c(C(=O)P(=O)(CC(=O)OCCC(C)CCCC(C)C)C(=O)c2c(C)cc(C)cc2C)c(C)c1. The summed E-state index contributed by atoms with van der Waals surface area (Å²) in [4.78, 5) is 40.8. The van der Waals surface area contributed by atoms with Crippen LogP contribution >= 0.6 is 7.14 Å². The molecule has 0 amide bonds. The summed E-state index contributed by atoms with van der Waals surface area (Å²) in [5.74, 6) is 0.271. The molecule has 0 aliphatic carbocycles. The molecular formula is C32H45O5P. The molecule has 208 valence electrons. The van der Waals surface area contributed by atoms with Gasteiger partial charge in [0.2, 0.25) is 18.2 Å². The second kappa shape index (κ2) is 13.5.